The molecule has 4 rings (SSSR count). The molecule has 0 unspecified atom stereocenters. The second-order valence-electron chi connectivity index (χ2n) is 9.45. The van der Waals surface area contributed by atoms with Crippen LogP contribution in [0, 0.1) is 0 Å². The molecule has 0 saturated carbocycles. The minimum atomic E-state index is -0.122. The number of rotatable bonds is 13. The van der Waals surface area contributed by atoms with Gasteiger partial charge in [0.05, 0.1) is 36.3 Å². The van der Waals surface area contributed by atoms with Crippen molar-refractivity contribution in [2.24, 2.45) is 0 Å². The van der Waals surface area contributed by atoms with Crippen LogP contribution in [-0.4, -0.2) is 34.9 Å². The van der Waals surface area contributed by atoms with Gasteiger partial charge in [-0.25, -0.2) is 0 Å². The molecule has 1 atom stereocenters. The highest BCUT2D eigenvalue weighted by molar-refractivity contribution is 8.26. The van der Waals surface area contributed by atoms with Gasteiger partial charge in [-0.05, 0) is 66.3 Å². The molecule has 1 fully saturated rings. The summed E-state index contributed by atoms with van der Waals surface area (Å²) in [7, 11) is 0. The fourth-order valence-electron chi connectivity index (χ4n) is 4.18. The second-order valence-corrected chi connectivity index (χ2v) is 11.5. The molecule has 40 heavy (non-hydrogen) atoms. The van der Waals surface area contributed by atoms with E-state index in [1.807, 2.05) is 55.5 Å². The van der Waals surface area contributed by atoms with Crippen molar-refractivity contribution in [3.8, 4) is 17.2 Å². The van der Waals surface area contributed by atoms with E-state index in [0.29, 0.717) is 64.5 Å². The predicted molar refractivity (Wildman–Crippen MR) is 169 cm³/mol. The molecule has 1 heterocycles. The number of nitrogens with zero attached hydrogens (tertiary/aromatic N) is 1. The highest BCUT2D eigenvalue weighted by Gasteiger charge is 2.32. The summed E-state index contributed by atoms with van der Waals surface area (Å²) in [5.41, 5.74) is 3.08. The summed E-state index contributed by atoms with van der Waals surface area (Å²) in [5, 5.41) is 0.415. The lowest BCUT2D eigenvalue weighted by Crippen LogP contribution is -2.27. The van der Waals surface area contributed by atoms with Crippen LogP contribution in [-0.2, 0) is 11.3 Å². The van der Waals surface area contributed by atoms with E-state index in [0.717, 1.165) is 23.3 Å². The Labute approximate surface area is 251 Å². The SMILES string of the molecule is CCOc1cc(/C=C2/SC(=S)N(Cc3ccccc3)C2=O)cc(Cl)c1OCCCOc1ccc([C@@H](C)CC)cc1. The Morgan fingerprint density at radius 1 is 1.00 bits per heavy atom. The van der Waals surface area contributed by atoms with Gasteiger partial charge in [-0.2, -0.15) is 0 Å². The number of hydrogen-bond acceptors (Lipinski definition) is 6. The topological polar surface area (TPSA) is 48.0 Å². The number of carbonyl (C=O) groups excluding carboxylic acids is 1. The van der Waals surface area contributed by atoms with Crippen molar-refractivity contribution in [2.45, 2.75) is 46.1 Å². The maximum absolute atomic E-state index is 13.1. The number of benzene rings is 3. The highest BCUT2D eigenvalue weighted by atomic mass is 35.5. The van der Waals surface area contributed by atoms with Crippen LogP contribution in [0.5, 0.6) is 17.2 Å². The third-order valence-electron chi connectivity index (χ3n) is 6.55. The number of thioether (sulfide) groups is 1. The first-order valence-corrected chi connectivity index (χ1v) is 15.1. The fraction of sp³-hybridized carbons (Fsp3) is 0.312. The number of thiocarbonyl (C=S) groups is 1. The van der Waals surface area contributed by atoms with Crippen LogP contribution in [0.15, 0.2) is 71.6 Å². The Kier molecular flexibility index (Phi) is 10.9. The zero-order valence-corrected chi connectivity index (χ0v) is 25.4. The Balaban J connectivity index is 1.37. The van der Waals surface area contributed by atoms with E-state index < -0.39 is 0 Å². The summed E-state index contributed by atoms with van der Waals surface area (Å²) in [4.78, 5) is 15.3. The minimum absolute atomic E-state index is 0.122. The lowest BCUT2D eigenvalue weighted by molar-refractivity contribution is -0.122. The van der Waals surface area contributed by atoms with Gasteiger partial charge in [-0.3, -0.25) is 9.69 Å². The van der Waals surface area contributed by atoms with E-state index >= 15 is 0 Å². The van der Waals surface area contributed by atoms with E-state index in [1.54, 1.807) is 17.0 Å². The van der Waals surface area contributed by atoms with Crippen molar-refractivity contribution in [3.63, 3.8) is 0 Å². The lowest BCUT2D eigenvalue weighted by Gasteiger charge is -2.15. The Hall–Kier alpha value is -3.00. The van der Waals surface area contributed by atoms with E-state index in [-0.39, 0.29) is 5.91 Å². The van der Waals surface area contributed by atoms with Crippen LogP contribution in [0.1, 0.15) is 56.2 Å². The van der Waals surface area contributed by atoms with E-state index in [9.17, 15) is 4.79 Å². The van der Waals surface area contributed by atoms with Gasteiger partial charge in [0.2, 0.25) is 0 Å². The monoisotopic (exact) mass is 595 g/mol. The minimum Gasteiger partial charge on any atom is -0.493 e. The molecule has 1 saturated heterocycles. The van der Waals surface area contributed by atoms with Gasteiger partial charge in [0.15, 0.2) is 11.5 Å². The van der Waals surface area contributed by atoms with Gasteiger partial charge in [0, 0.05) is 6.42 Å². The van der Waals surface area contributed by atoms with Crippen molar-refractivity contribution >= 4 is 51.9 Å². The van der Waals surface area contributed by atoms with Crippen molar-refractivity contribution < 1.29 is 19.0 Å². The lowest BCUT2D eigenvalue weighted by atomic mass is 9.99. The molecule has 0 aliphatic carbocycles. The second kappa shape index (κ2) is 14.6. The normalized spacial score (nSPS) is 15.0. The first-order chi connectivity index (χ1) is 19.4. The summed E-state index contributed by atoms with van der Waals surface area (Å²) in [6.07, 6.45) is 3.59. The molecule has 5 nitrogen and oxygen atoms in total. The van der Waals surface area contributed by atoms with Gasteiger partial charge in [0.25, 0.3) is 5.91 Å². The first-order valence-electron chi connectivity index (χ1n) is 13.5. The maximum Gasteiger partial charge on any atom is 0.266 e. The molecule has 1 aliphatic heterocycles. The van der Waals surface area contributed by atoms with Crippen LogP contribution >= 0.6 is 35.6 Å². The van der Waals surface area contributed by atoms with Crippen LogP contribution < -0.4 is 14.2 Å². The predicted octanol–water partition coefficient (Wildman–Crippen LogP) is 8.50. The standard InChI is InChI=1S/C32H34ClNO4S2/c1-4-22(3)25-12-14-26(15-13-25)37-16-9-17-38-30-27(33)18-24(19-28(30)36-5-2)20-29-31(35)34(32(39)40-29)21-23-10-7-6-8-11-23/h6-8,10-15,18-20,22H,4-5,9,16-17,21H2,1-3H3/b29-20+/t22-/m0/s1. The molecule has 1 aliphatic rings. The Morgan fingerprint density at radius 3 is 2.42 bits per heavy atom. The van der Waals surface area contributed by atoms with Crippen molar-refractivity contribution in [1.82, 2.24) is 4.90 Å². The zero-order chi connectivity index (χ0) is 28.5. The number of carbonyl (C=O) groups is 1. The summed E-state index contributed by atoms with van der Waals surface area (Å²) in [6.45, 7) is 8.14. The molecule has 8 heteroatoms. The van der Waals surface area contributed by atoms with Crippen molar-refractivity contribution in [2.75, 3.05) is 19.8 Å². The number of amides is 1. The van der Waals surface area contributed by atoms with Gasteiger partial charge < -0.3 is 14.2 Å². The maximum atomic E-state index is 13.1. The summed E-state index contributed by atoms with van der Waals surface area (Å²) >= 11 is 13.4. The zero-order valence-electron chi connectivity index (χ0n) is 23.0. The molecule has 0 bridgehead atoms. The molecule has 0 spiro atoms. The molecule has 3 aromatic carbocycles. The van der Waals surface area contributed by atoms with Gasteiger partial charge in [0.1, 0.15) is 10.1 Å². The highest BCUT2D eigenvalue weighted by Crippen LogP contribution is 2.39. The van der Waals surface area contributed by atoms with E-state index in [2.05, 4.69) is 26.0 Å². The molecule has 0 N–H and O–H groups in total. The van der Waals surface area contributed by atoms with Gasteiger partial charge >= 0.3 is 0 Å². The Bertz CT molecular complexity index is 1350. The van der Waals surface area contributed by atoms with Gasteiger partial charge in [-0.15, -0.1) is 0 Å². The largest absolute Gasteiger partial charge is 0.493 e. The van der Waals surface area contributed by atoms with Crippen LogP contribution in [0.25, 0.3) is 6.08 Å². The van der Waals surface area contributed by atoms with Crippen molar-refractivity contribution in [1.29, 1.82) is 0 Å². The van der Waals surface area contributed by atoms with E-state index in [1.165, 1.54) is 17.3 Å². The van der Waals surface area contributed by atoms with Crippen molar-refractivity contribution in [3.05, 3.63) is 93.3 Å². The third kappa shape index (κ3) is 7.80. The average molecular weight is 596 g/mol. The fourth-order valence-corrected chi connectivity index (χ4v) is 5.71. The number of halogens is 1. The third-order valence-corrected chi connectivity index (χ3v) is 8.21. The molecule has 0 radical (unpaired) electrons. The van der Waals surface area contributed by atoms with Crippen LogP contribution in [0.2, 0.25) is 5.02 Å². The summed E-state index contributed by atoms with van der Waals surface area (Å²) in [5.74, 6) is 2.28. The van der Waals surface area contributed by atoms with Gasteiger partial charge in [-0.1, -0.05) is 91.9 Å². The van der Waals surface area contributed by atoms with Crippen LogP contribution in [0.4, 0.5) is 0 Å². The number of hydrogen-bond donors (Lipinski definition) is 0. The molecule has 1 amide bonds. The molecule has 0 aromatic heterocycles. The first kappa shape index (κ1) is 30.0. The molecular formula is C32H34ClNO4S2. The van der Waals surface area contributed by atoms with Crippen LogP contribution in [0.3, 0.4) is 0 Å². The summed E-state index contributed by atoms with van der Waals surface area (Å²) < 4.78 is 18.3. The number of ether oxygens (including phenoxy) is 3. The molecular weight excluding hydrogens is 562 g/mol. The smallest absolute Gasteiger partial charge is 0.266 e. The van der Waals surface area contributed by atoms with E-state index in [4.69, 9.17) is 38.0 Å². The molecule has 210 valence electrons. The quantitative estimate of drug-likeness (QED) is 0.112. The Morgan fingerprint density at radius 2 is 1.73 bits per heavy atom. The summed E-state index contributed by atoms with van der Waals surface area (Å²) in [6, 6.07) is 21.7. The average Bonchev–Trinajstić information content (AvgIpc) is 3.21. The molecule has 3 aromatic rings.